The Morgan fingerprint density at radius 3 is 2.85 bits per heavy atom. The first-order valence-corrected chi connectivity index (χ1v) is 7.03. The molecule has 1 aromatic rings. The van der Waals surface area contributed by atoms with Gasteiger partial charge in [-0.3, -0.25) is 4.79 Å². The number of anilines is 2. The fourth-order valence-electron chi connectivity index (χ4n) is 2.18. The summed E-state index contributed by atoms with van der Waals surface area (Å²) in [5.74, 6) is 0.692. The molecule has 2 rings (SSSR count). The summed E-state index contributed by atoms with van der Waals surface area (Å²) in [5.41, 5.74) is 7.03. The van der Waals surface area contributed by atoms with Gasteiger partial charge in [0, 0.05) is 18.5 Å². The van der Waals surface area contributed by atoms with Gasteiger partial charge in [-0.25, -0.2) is 0 Å². The van der Waals surface area contributed by atoms with E-state index in [-0.39, 0.29) is 5.91 Å². The Bertz CT molecular complexity index is 472. The quantitative estimate of drug-likeness (QED) is 0.749. The molecule has 1 saturated carbocycles. The van der Waals surface area contributed by atoms with Crippen LogP contribution in [0.25, 0.3) is 0 Å². The van der Waals surface area contributed by atoms with Crippen molar-refractivity contribution in [2.75, 3.05) is 31.8 Å². The van der Waals surface area contributed by atoms with E-state index in [0.29, 0.717) is 23.5 Å². The summed E-state index contributed by atoms with van der Waals surface area (Å²) in [6, 6.07) is 6.00. The van der Waals surface area contributed by atoms with Crippen LogP contribution < -0.4 is 15.8 Å². The second-order valence-electron chi connectivity index (χ2n) is 5.32. The zero-order valence-electron chi connectivity index (χ0n) is 12.2. The van der Waals surface area contributed by atoms with E-state index in [2.05, 4.69) is 17.3 Å². The Labute approximate surface area is 120 Å². The van der Waals surface area contributed by atoms with Crippen LogP contribution in [0.5, 0.6) is 5.75 Å². The standard InChI is InChI=1S/C15H23N3O2/c1-18(11-5-6-11)9-3-4-15(19)17-14-8-7-12(20-2)10-13(14)16/h7-8,10-11H,3-6,9,16H2,1-2H3,(H,17,19). The van der Waals surface area contributed by atoms with Crippen molar-refractivity contribution in [1.29, 1.82) is 0 Å². The predicted octanol–water partition coefficient (Wildman–Crippen LogP) is 2.09. The summed E-state index contributed by atoms with van der Waals surface area (Å²) in [6.07, 6.45) is 3.98. The van der Waals surface area contributed by atoms with Crippen molar-refractivity contribution in [3.63, 3.8) is 0 Å². The van der Waals surface area contributed by atoms with E-state index < -0.39 is 0 Å². The first-order valence-electron chi connectivity index (χ1n) is 7.03. The van der Waals surface area contributed by atoms with E-state index in [1.54, 1.807) is 25.3 Å². The van der Waals surface area contributed by atoms with E-state index in [4.69, 9.17) is 10.5 Å². The normalized spacial score (nSPS) is 14.3. The topological polar surface area (TPSA) is 67.6 Å². The van der Waals surface area contributed by atoms with Crippen molar-refractivity contribution >= 4 is 17.3 Å². The van der Waals surface area contributed by atoms with Crippen molar-refractivity contribution in [3.8, 4) is 5.75 Å². The lowest BCUT2D eigenvalue weighted by Crippen LogP contribution is -2.23. The number of nitrogens with one attached hydrogen (secondary N) is 1. The molecule has 0 aromatic heterocycles. The molecule has 110 valence electrons. The van der Waals surface area contributed by atoms with Gasteiger partial charge in [0.2, 0.25) is 5.91 Å². The van der Waals surface area contributed by atoms with Gasteiger partial charge in [-0.05, 0) is 45.0 Å². The number of nitrogens with two attached hydrogens (primary N) is 1. The Morgan fingerprint density at radius 2 is 2.25 bits per heavy atom. The van der Waals surface area contributed by atoms with Gasteiger partial charge in [0.1, 0.15) is 5.75 Å². The van der Waals surface area contributed by atoms with Crippen LogP contribution in [0.15, 0.2) is 18.2 Å². The Balaban J connectivity index is 1.75. The molecule has 1 fully saturated rings. The fraction of sp³-hybridized carbons (Fsp3) is 0.533. The van der Waals surface area contributed by atoms with Crippen molar-refractivity contribution in [3.05, 3.63) is 18.2 Å². The number of ether oxygens (including phenoxy) is 1. The SMILES string of the molecule is COc1ccc(NC(=O)CCCN(C)C2CC2)c(N)c1. The molecule has 0 atom stereocenters. The lowest BCUT2D eigenvalue weighted by Gasteiger charge is -2.15. The second kappa shape index (κ2) is 6.61. The summed E-state index contributed by atoms with van der Waals surface area (Å²) >= 11 is 0. The number of nitrogen functional groups attached to an aromatic ring is 1. The highest BCUT2D eigenvalue weighted by molar-refractivity contribution is 5.93. The third-order valence-electron chi connectivity index (χ3n) is 3.62. The molecule has 0 bridgehead atoms. The number of carbonyl (C=O) groups is 1. The molecule has 5 nitrogen and oxygen atoms in total. The van der Waals surface area contributed by atoms with Gasteiger partial charge in [-0.15, -0.1) is 0 Å². The molecule has 1 aliphatic carbocycles. The Hall–Kier alpha value is -1.75. The monoisotopic (exact) mass is 277 g/mol. The summed E-state index contributed by atoms with van der Waals surface area (Å²) in [5, 5.41) is 2.84. The van der Waals surface area contributed by atoms with Crippen LogP contribution in [-0.4, -0.2) is 37.6 Å². The second-order valence-corrected chi connectivity index (χ2v) is 5.32. The maximum atomic E-state index is 11.9. The van der Waals surface area contributed by atoms with Gasteiger partial charge in [-0.1, -0.05) is 0 Å². The smallest absolute Gasteiger partial charge is 0.224 e. The molecule has 1 aliphatic rings. The van der Waals surface area contributed by atoms with Gasteiger partial charge in [0.05, 0.1) is 18.5 Å². The summed E-state index contributed by atoms with van der Waals surface area (Å²) in [4.78, 5) is 14.2. The molecule has 20 heavy (non-hydrogen) atoms. The minimum Gasteiger partial charge on any atom is -0.497 e. The van der Waals surface area contributed by atoms with Crippen LogP contribution in [0.1, 0.15) is 25.7 Å². The molecule has 0 aliphatic heterocycles. The molecule has 3 N–H and O–H groups in total. The molecule has 0 radical (unpaired) electrons. The van der Waals surface area contributed by atoms with Crippen molar-refractivity contribution in [2.45, 2.75) is 31.7 Å². The highest BCUT2D eigenvalue weighted by atomic mass is 16.5. The number of nitrogens with zero attached hydrogens (tertiary/aromatic N) is 1. The number of hydrogen-bond donors (Lipinski definition) is 2. The summed E-state index contributed by atoms with van der Waals surface area (Å²) in [6.45, 7) is 0.968. The molecule has 1 aromatic carbocycles. The number of rotatable bonds is 7. The zero-order valence-corrected chi connectivity index (χ0v) is 12.2. The highest BCUT2D eigenvalue weighted by Crippen LogP contribution is 2.26. The van der Waals surface area contributed by atoms with Crippen LogP contribution in [0.4, 0.5) is 11.4 Å². The molecular formula is C15H23N3O2. The van der Waals surface area contributed by atoms with Crippen LogP contribution >= 0.6 is 0 Å². The van der Waals surface area contributed by atoms with Crippen LogP contribution in [-0.2, 0) is 4.79 Å². The highest BCUT2D eigenvalue weighted by Gasteiger charge is 2.25. The van der Waals surface area contributed by atoms with Crippen LogP contribution in [0.2, 0.25) is 0 Å². The molecule has 1 amide bonds. The zero-order chi connectivity index (χ0) is 14.5. The van der Waals surface area contributed by atoms with Gasteiger partial charge >= 0.3 is 0 Å². The Kier molecular flexibility index (Phi) is 4.84. The summed E-state index contributed by atoms with van der Waals surface area (Å²) in [7, 11) is 3.71. The van der Waals surface area contributed by atoms with Gasteiger partial charge in [0.25, 0.3) is 0 Å². The van der Waals surface area contributed by atoms with E-state index in [9.17, 15) is 4.79 Å². The van der Waals surface area contributed by atoms with Crippen molar-refractivity contribution in [1.82, 2.24) is 4.90 Å². The van der Waals surface area contributed by atoms with E-state index in [0.717, 1.165) is 19.0 Å². The number of benzene rings is 1. The molecule has 0 saturated heterocycles. The number of methoxy groups -OCH3 is 1. The lowest BCUT2D eigenvalue weighted by molar-refractivity contribution is -0.116. The lowest BCUT2D eigenvalue weighted by atomic mass is 10.2. The maximum Gasteiger partial charge on any atom is 0.224 e. The third-order valence-corrected chi connectivity index (χ3v) is 3.62. The maximum absolute atomic E-state index is 11.9. The molecular weight excluding hydrogens is 254 g/mol. The van der Waals surface area contributed by atoms with Gasteiger partial charge in [-0.2, -0.15) is 0 Å². The van der Waals surface area contributed by atoms with Gasteiger partial charge < -0.3 is 20.7 Å². The van der Waals surface area contributed by atoms with Crippen LogP contribution in [0, 0.1) is 0 Å². The predicted molar refractivity (Wildman–Crippen MR) is 80.9 cm³/mol. The number of hydrogen-bond acceptors (Lipinski definition) is 4. The Morgan fingerprint density at radius 1 is 1.50 bits per heavy atom. The van der Waals surface area contributed by atoms with Gasteiger partial charge in [0.15, 0.2) is 0 Å². The largest absolute Gasteiger partial charge is 0.497 e. The first-order chi connectivity index (χ1) is 9.60. The van der Waals surface area contributed by atoms with Crippen molar-refractivity contribution < 1.29 is 9.53 Å². The minimum atomic E-state index is 0.00561. The van der Waals surface area contributed by atoms with Crippen LogP contribution in [0.3, 0.4) is 0 Å². The molecule has 0 unspecified atom stereocenters. The minimum absolute atomic E-state index is 0.00561. The average Bonchev–Trinajstić information content (AvgIpc) is 3.25. The number of amides is 1. The van der Waals surface area contributed by atoms with E-state index in [1.165, 1.54) is 12.8 Å². The molecule has 5 heteroatoms. The third kappa shape index (κ3) is 4.13. The van der Waals surface area contributed by atoms with E-state index in [1.807, 2.05) is 0 Å². The molecule has 0 heterocycles. The number of carbonyl (C=O) groups excluding carboxylic acids is 1. The molecule has 0 spiro atoms. The fourth-order valence-corrected chi connectivity index (χ4v) is 2.18. The van der Waals surface area contributed by atoms with E-state index >= 15 is 0 Å². The average molecular weight is 277 g/mol. The summed E-state index contributed by atoms with van der Waals surface area (Å²) < 4.78 is 5.08. The van der Waals surface area contributed by atoms with Crippen molar-refractivity contribution in [2.24, 2.45) is 0 Å². The first kappa shape index (κ1) is 14.7.